The minimum absolute atomic E-state index is 0.149. The third-order valence-corrected chi connectivity index (χ3v) is 15.0. The van der Waals surface area contributed by atoms with Crippen molar-refractivity contribution in [1.82, 2.24) is 15.2 Å². The van der Waals surface area contributed by atoms with Crippen LogP contribution in [0.15, 0.2) is 128 Å². The van der Waals surface area contributed by atoms with Crippen molar-refractivity contribution in [3.8, 4) is 22.3 Å². The fraction of sp³-hybridized carbons (Fsp3) is 0.460. The Kier molecular flexibility index (Phi) is 23.7. The molecule has 1 atom stereocenters. The number of aldehydes is 2. The Morgan fingerprint density at radius 1 is 0.557 bits per heavy atom. The smallest absolute Gasteiger partial charge is 0.365 e. The molecule has 0 saturated carbocycles. The Morgan fingerprint density at radius 2 is 0.949 bits per heavy atom. The molecule has 16 heteroatoms. The lowest BCUT2D eigenvalue weighted by Crippen LogP contribution is -2.24. The Hall–Kier alpha value is -7.62. The lowest BCUT2D eigenvalue weighted by molar-refractivity contribution is -0.146. The van der Waals surface area contributed by atoms with E-state index >= 15 is 0 Å². The summed E-state index contributed by atoms with van der Waals surface area (Å²) in [5.41, 5.74) is 8.40. The van der Waals surface area contributed by atoms with E-state index in [1.165, 1.54) is 131 Å². The second-order valence-corrected chi connectivity index (χ2v) is 20.7. The molecule has 0 radical (unpaired) electrons. The van der Waals surface area contributed by atoms with Crippen LogP contribution in [0, 0.1) is 0 Å². The summed E-state index contributed by atoms with van der Waals surface area (Å²) >= 11 is 0. The fourth-order valence-corrected chi connectivity index (χ4v) is 10.5. The van der Waals surface area contributed by atoms with Gasteiger partial charge >= 0.3 is 17.2 Å². The molecule has 16 nitrogen and oxygen atoms in total. The summed E-state index contributed by atoms with van der Waals surface area (Å²) in [5, 5.41) is 5.08. The number of nitrogens with zero attached hydrogens (tertiary/aromatic N) is 5. The Labute approximate surface area is 465 Å². The summed E-state index contributed by atoms with van der Waals surface area (Å²) in [6.07, 6.45) is 25.4. The number of amides is 1. The molecule has 1 unspecified atom stereocenters. The van der Waals surface area contributed by atoms with Gasteiger partial charge in [-0.3, -0.25) is 14.4 Å². The van der Waals surface area contributed by atoms with Crippen LogP contribution in [0.4, 0.5) is 22.7 Å². The lowest BCUT2D eigenvalue weighted by Gasteiger charge is -2.23. The van der Waals surface area contributed by atoms with Crippen molar-refractivity contribution in [1.29, 1.82) is 0 Å². The Balaban J connectivity index is 0.000000154. The number of carbonyl (C=O) groups excluding carboxylic acids is 4. The van der Waals surface area contributed by atoms with Crippen LogP contribution in [0.3, 0.4) is 0 Å². The van der Waals surface area contributed by atoms with E-state index in [4.69, 9.17) is 13.8 Å². The van der Waals surface area contributed by atoms with Gasteiger partial charge in [-0.25, -0.2) is 14.7 Å². The van der Waals surface area contributed by atoms with Crippen LogP contribution in [0.25, 0.3) is 22.3 Å². The molecule has 0 aliphatic carbocycles. The molecule has 10 rings (SSSR count). The lowest BCUT2D eigenvalue weighted by atomic mass is 10.0. The van der Waals surface area contributed by atoms with Crippen LogP contribution in [-0.2, 0) is 25.8 Å². The third-order valence-electron chi connectivity index (χ3n) is 15.0. The average Bonchev–Trinajstić information content (AvgIpc) is 3.79. The quantitative estimate of drug-likeness (QED) is 0.0633. The molecule has 4 aliphatic rings. The van der Waals surface area contributed by atoms with Gasteiger partial charge in [0.05, 0.1) is 30.1 Å². The van der Waals surface area contributed by atoms with Crippen molar-refractivity contribution in [2.24, 2.45) is 0 Å². The van der Waals surface area contributed by atoms with Gasteiger partial charge in [0.25, 0.3) is 0 Å². The van der Waals surface area contributed by atoms with Crippen molar-refractivity contribution >= 4 is 47.2 Å². The normalized spacial score (nSPS) is 16.3. The fourth-order valence-electron chi connectivity index (χ4n) is 10.5. The highest BCUT2D eigenvalue weighted by Gasteiger charge is 2.22. The number of aromatic amines is 1. The second-order valence-electron chi connectivity index (χ2n) is 20.7. The van der Waals surface area contributed by atoms with Gasteiger partial charge in [0.2, 0.25) is 5.91 Å². The van der Waals surface area contributed by atoms with Crippen LogP contribution < -0.4 is 36.2 Å². The number of H-pyrrole nitrogens is 1. The molecule has 2 aromatic heterocycles. The Bertz CT molecular complexity index is 2860. The molecule has 0 spiro atoms. The topological polar surface area (TPSA) is 184 Å². The van der Waals surface area contributed by atoms with Crippen LogP contribution in [0.2, 0.25) is 0 Å². The van der Waals surface area contributed by atoms with Gasteiger partial charge in [0.1, 0.15) is 25.2 Å². The first kappa shape index (κ1) is 59.0. The van der Waals surface area contributed by atoms with Crippen molar-refractivity contribution in [2.75, 3.05) is 78.6 Å². The Morgan fingerprint density at radius 3 is 1.30 bits per heavy atom. The first-order chi connectivity index (χ1) is 38.6. The molecule has 4 aliphatic heterocycles. The van der Waals surface area contributed by atoms with Gasteiger partial charge in [0.15, 0.2) is 0 Å². The predicted molar refractivity (Wildman–Crippen MR) is 313 cm³/mol. The zero-order valence-corrected chi connectivity index (χ0v) is 46.4. The molecular formula is C63H81N7O9. The largest absolute Gasteiger partial charge is 0.465 e. The van der Waals surface area contributed by atoms with Gasteiger partial charge in [-0.2, -0.15) is 4.74 Å². The van der Waals surface area contributed by atoms with E-state index in [9.17, 15) is 28.8 Å². The second kappa shape index (κ2) is 31.7. The first-order valence-corrected chi connectivity index (χ1v) is 28.7. The number of anilines is 4. The average molecular weight is 1080 g/mol. The van der Waals surface area contributed by atoms with E-state index in [-0.39, 0.29) is 24.8 Å². The number of hydrogen-bond acceptors (Lipinski definition) is 13. The molecule has 4 aromatic carbocycles. The number of aromatic nitrogens is 2. The third kappa shape index (κ3) is 18.2. The maximum absolute atomic E-state index is 12.0. The molecule has 1 amide bonds. The van der Waals surface area contributed by atoms with Gasteiger partial charge in [0, 0.05) is 87.6 Å². The van der Waals surface area contributed by atoms with Crippen LogP contribution in [0.1, 0.15) is 138 Å². The zero-order valence-electron chi connectivity index (χ0n) is 46.4. The van der Waals surface area contributed by atoms with Gasteiger partial charge < -0.3 is 43.5 Å². The SMILES string of the molecule is CC(=O)NCn1cc(-c2ccc(N3CCCCCC3)cc2)c(=O)o1.CCOC(=O)C(C=O)c1ccc(N2CCCCCC2)cc1.O=Cc1ccc(N2CCCCCC2)cc1.O=c1o[nH]cc1-c1ccc(N2CCCCCC2)cc1. The molecule has 2 N–H and O–H groups in total. The van der Waals surface area contributed by atoms with Crippen molar-refractivity contribution < 1.29 is 33.0 Å². The summed E-state index contributed by atoms with van der Waals surface area (Å²) in [5.74, 6) is -1.46. The molecular weight excluding hydrogens is 999 g/mol. The zero-order chi connectivity index (χ0) is 55.6. The van der Waals surface area contributed by atoms with Crippen molar-refractivity contribution in [3.63, 3.8) is 0 Å². The number of rotatable bonds is 13. The minimum atomic E-state index is -0.817. The highest BCUT2D eigenvalue weighted by molar-refractivity contribution is 5.94. The highest BCUT2D eigenvalue weighted by atomic mass is 16.5. The number of ether oxygens (including phenoxy) is 1. The summed E-state index contributed by atoms with van der Waals surface area (Å²) < 4.78 is 16.1. The molecule has 4 saturated heterocycles. The van der Waals surface area contributed by atoms with E-state index in [0.717, 1.165) is 81.0 Å². The molecule has 79 heavy (non-hydrogen) atoms. The molecule has 0 bridgehead atoms. The molecule has 4 fully saturated rings. The summed E-state index contributed by atoms with van der Waals surface area (Å²) in [6, 6.07) is 31.8. The van der Waals surface area contributed by atoms with Gasteiger partial charge in [-0.15, -0.1) is 0 Å². The first-order valence-electron chi connectivity index (χ1n) is 28.7. The van der Waals surface area contributed by atoms with E-state index < -0.39 is 17.5 Å². The summed E-state index contributed by atoms with van der Waals surface area (Å²) in [4.78, 5) is 77.4. The van der Waals surface area contributed by atoms with Crippen LogP contribution in [-0.4, -0.2) is 93.3 Å². The van der Waals surface area contributed by atoms with E-state index in [0.29, 0.717) is 23.0 Å². The monoisotopic (exact) mass is 1080 g/mol. The number of nitrogens with one attached hydrogen (secondary N) is 2. The van der Waals surface area contributed by atoms with Crippen LogP contribution >= 0.6 is 0 Å². The van der Waals surface area contributed by atoms with Crippen molar-refractivity contribution in [3.05, 3.63) is 141 Å². The van der Waals surface area contributed by atoms with E-state index in [1.54, 1.807) is 19.3 Å². The molecule has 6 aromatic rings. The van der Waals surface area contributed by atoms with Crippen LogP contribution in [0.5, 0.6) is 0 Å². The molecule has 422 valence electrons. The van der Waals surface area contributed by atoms with Gasteiger partial charge in [-0.05, 0) is 136 Å². The highest BCUT2D eigenvalue weighted by Crippen LogP contribution is 2.27. The standard InChI is InChI=1S/C18H23N3O3.C17H23NO3.C15H18N2O2.C13H17NO/c1-14(22)19-13-21-12-17(18(23)24-21)15-6-8-16(9-7-15)20-10-4-2-3-5-11-20;1-2-21-17(20)16(13-19)14-7-9-15(10-8-14)18-11-5-3-4-6-12-18;18-15-14(11-16-19-15)12-5-7-13(8-6-12)17-9-3-1-2-4-10-17;15-11-12-5-7-13(8-6-12)14-9-3-1-2-4-10-14/h6-9,12H,2-5,10-11,13H2,1H3,(H,19,22);7-10,13,16H,2-6,11-12H2,1H3;5-8,11,16H,1-4,9-10H2;5-8,11H,1-4,9-10H2. The maximum Gasteiger partial charge on any atom is 0.365 e. The van der Waals surface area contributed by atoms with Gasteiger partial charge in [-0.1, -0.05) is 87.8 Å². The predicted octanol–water partition coefficient (Wildman–Crippen LogP) is 11.4. The number of benzene rings is 4. The minimum Gasteiger partial charge on any atom is -0.465 e. The van der Waals surface area contributed by atoms with E-state index in [2.05, 4.69) is 66.5 Å². The summed E-state index contributed by atoms with van der Waals surface area (Å²) in [7, 11) is 0. The van der Waals surface area contributed by atoms with E-state index in [1.807, 2.05) is 60.7 Å². The number of hydrogen-bond donors (Lipinski definition) is 2. The van der Waals surface area contributed by atoms with Crippen molar-refractivity contribution in [2.45, 2.75) is 129 Å². The maximum atomic E-state index is 12.0. The number of esters is 1. The number of carbonyl (C=O) groups is 4. The molecule has 6 heterocycles. The summed E-state index contributed by atoms with van der Waals surface area (Å²) in [6.45, 7) is 12.5.